The second-order valence-electron chi connectivity index (χ2n) is 4.22. The van der Waals surface area contributed by atoms with E-state index in [2.05, 4.69) is 15.9 Å². The third-order valence-corrected chi connectivity index (χ3v) is 3.83. The number of carbonyl (C=O) groups excluding carboxylic acids is 2. The largest absolute Gasteiger partial charge is 0.496 e. The minimum Gasteiger partial charge on any atom is -0.496 e. The maximum absolute atomic E-state index is 12.0. The highest BCUT2D eigenvalue weighted by atomic mass is 79.9. The number of hydrogen-bond acceptors (Lipinski definition) is 3. The maximum atomic E-state index is 12.0. The molecule has 1 aromatic rings. The summed E-state index contributed by atoms with van der Waals surface area (Å²) in [6.45, 7) is 0. The lowest BCUT2D eigenvalue weighted by Gasteiger charge is -2.22. The summed E-state index contributed by atoms with van der Waals surface area (Å²) >= 11 is 9.47. The molecule has 5 heteroatoms. The quantitative estimate of drug-likeness (QED) is 0.779. The average molecular weight is 332 g/mol. The molecular formula is C13H12BrClO3. The molecule has 0 aromatic heterocycles. The molecule has 18 heavy (non-hydrogen) atoms. The minimum absolute atomic E-state index is 0.0752. The standard InChI is InChI=1S/C13H12BrClO3/c1-18-11-6-7(14)5-8(15)12(11)13-9(16)3-2-4-10(13)17/h5-6,13H,2-4H2,1H3. The summed E-state index contributed by atoms with van der Waals surface area (Å²) in [6.07, 6.45) is 1.47. The highest BCUT2D eigenvalue weighted by Gasteiger charge is 2.35. The van der Waals surface area contributed by atoms with Gasteiger partial charge in [0.2, 0.25) is 0 Å². The zero-order chi connectivity index (χ0) is 13.3. The molecule has 3 nitrogen and oxygen atoms in total. The number of ketones is 2. The topological polar surface area (TPSA) is 43.4 Å². The van der Waals surface area contributed by atoms with Gasteiger partial charge in [-0.25, -0.2) is 0 Å². The molecule has 2 rings (SSSR count). The number of Topliss-reactive ketones (excluding diaryl/α,β-unsaturated/α-hetero) is 2. The van der Waals surface area contributed by atoms with Crippen LogP contribution >= 0.6 is 27.5 Å². The number of rotatable bonds is 2. The minimum atomic E-state index is -0.769. The number of benzene rings is 1. The molecule has 0 spiro atoms. The highest BCUT2D eigenvalue weighted by molar-refractivity contribution is 9.10. The molecule has 1 aliphatic rings. The van der Waals surface area contributed by atoms with Crippen molar-refractivity contribution in [2.24, 2.45) is 0 Å². The van der Waals surface area contributed by atoms with E-state index in [9.17, 15) is 9.59 Å². The van der Waals surface area contributed by atoms with E-state index >= 15 is 0 Å². The van der Waals surface area contributed by atoms with E-state index in [1.54, 1.807) is 12.1 Å². The first-order chi connectivity index (χ1) is 8.54. The highest BCUT2D eigenvalue weighted by Crippen LogP contribution is 2.39. The number of ether oxygens (including phenoxy) is 1. The van der Waals surface area contributed by atoms with Gasteiger partial charge in [0.15, 0.2) is 0 Å². The molecule has 0 saturated heterocycles. The maximum Gasteiger partial charge on any atom is 0.147 e. The summed E-state index contributed by atoms with van der Waals surface area (Å²) in [4.78, 5) is 23.9. The number of methoxy groups -OCH3 is 1. The Kier molecular flexibility index (Phi) is 4.07. The lowest BCUT2D eigenvalue weighted by Crippen LogP contribution is -2.27. The lowest BCUT2D eigenvalue weighted by molar-refractivity contribution is -0.131. The molecule has 0 N–H and O–H groups in total. The fourth-order valence-corrected chi connectivity index (χ4v) is 3.13. The van der Waals surface area contributed by atoms with Crippen LogP contribution in [0.2, 0.25) is 5.02 Å². The van der Waals surface area contributed by atoms with Crippen LogP contribution in [0.25, 0.3) is 0 Å². The van der Waals surface area contributed by atoms with E-state index in [1.807, 2.05) is 0 Å². The number of carbonyl (C=O) groups is 2. The Bertz CT molecular complexity index is 497. The van der Waals surface area contributed by atoms with Crippen LogP contribution in [0.3, 0.4) is 0 Å². The third-order valence-electron chi connectivity index (χ3n) is 3.06. The predicted octanol–water partition coefficient (Wildman–Crippen LogP) is 3.52. The Hall–Kier alpha value is -0.870. The summed E-state index contributed by atoms with van der Waals surface area (Å²) in [5.74, 6) is -0.445. The molecule has 1 aliphatic carbocycles. The molecule has 1 saturated carbocycles. The molecule has 0 heterocycles. The van der Waals surface area contributed by atoms with Gasteiger partial charge in [0.1, 0.15) is 23.2 Å². The first-order valence-corrected chi connectivity index (χ1v) is 6.80. The molecule has 0 atom stereocenters. The summed E-state index contributed by atoms with van der Waals surface area (Å²) in [5.41, 5.74) is 0.497. The van der Waals surface area contributed by atoms with E-state index in [4.69, 9.17) is 16.3 Å². The van der Waals surface area contributed by atoms with Gasteiger partial charge in [-0.2, -0.15) is 0 Å². The number of halogens is 2. The van der Waals surface area contributed by atoms with Crippen LogP contribution in [0.15, 0.2) is 16.6 Å². The van der Waals surface area contributed by atoms with Gasteiger partial charge in [0.05, 0.1) is 7.11 Å². The summed E-state index contributed by atoms with van der Waals surface area (Å²) in [6, 6.07) is 3.39. The molecule has 0 radical (unpaired) electrons. The van der Waals surface area contributed by atoms with Crippen molar-refractivity contribution in [1.82, 2.24) is 0 Å². The van der Waals surface area contributed by atoms with Crippen molar-refractivity contribution >= 4 is 39.1 Å². The molecule has 0 aliphatic heterocycles. The average Bonchev–Trinajstić information content (AvgIpc) is 2.30. The Morgan fingerprint density at radius 2 is 1.89 bits per heavy atom. The first-order valence-electron chi connectivity index (χ1n) is 5.63. The second kappa shape index (κ2) is 5.41. The van der Waals surface area contributed by atoms with Gasteiger partial charge in [-0.3, -0.25) is 9.59 Å². The fraction of sp³-hybridized carbons (Fsp3) is 0.385. The SMILES string of the molecule is COc1cc(Br)cc(Cl)c1C1C(=O)CCCC1=O. The Balaban J connectivity index is 2.55. The van der Waals surface area contributed by atoms with Crippen LogP contribution in [-0.2, 0) is 9.59 Å². The zero-order valence-corrected chi connectivity index (χ0v) is 12.2. The van der Waals surface area contributed by atoms with E-state index in [1.165, 1.54) is 7.11 Å². The van der Waals surface area contributed by atoms with Crippen molar-refractivity contribution in [3.63, 3.8) is 0 Å². The molecule has 1 fully saturated rings. The van der Waals surface area contributed by atoms with Gasteiger partial charge in [-0.05, 0) is 18.6 Å². The predicted molar refractivity (Wildman–Crippen MR) is 72.3 cm³/mol. The summed E-state index contributed by atoms with van der Waals surface area (Å²) < 4.78 is 5.99. The second-order valence-corrected chi connectivity index (χ2v) is 5.55. The Morgan fingerprint density at radius 1 is 1.28 bits per heavy atom. The van der Waals surface area contributed by atoms with Crippen molar-refractivity contribution in [2.45, 2.75) is 25.2 Å². The molecule has 0 bridgehead atoms. The van der Waals surface area contributed by atoms with Crippen LogP contribution in [0.5, 0.6) is 5.75 Å². The normalized spacial score (nSPS) is 17.1. The van der Waals surface area contributed by atoms with Crippen LogP contribution in [0, 0.1) is 0 Å². The van der Waals surface area contributed by atoms with Crippen LogP contribution in [0.1, 0.15) is 30.7 Å². The fourth-order valence-electron chi connectivity index (χ4n) is 2.24. The molecule has 0 unspecified atom stereocenters. The zero-order valence-electron chi connectivity index (χ0n) is 9.83. The van der Waals surface area contributed by atoms with E-state index < -0.39 is 5.92 Å². The summed E-state index contributed by atoms with van der Waals surface area (Å²) in [7, 11) is 1.50. The Morgan fingerprint density at radius 3 is 2.44 bits per heavy atom. The van der Waals surface area contributed by atoms with Crippen molar-refractivity contribution in [2.75, 3.05) is 7.11 Å². The molecular weight excluding hydrogens is 319 g/mol. The van der Waals surface area contributed by atoms with Gasteiger partial charge in [-0.15, -0.1) is 0 Å². The van der Waals surface area contributed by atoms with Gasteiger partial charge in [0.25, 0.3) is 0 Å². The van der Waals surface area contributed by atoms with Gasteiger partial charge < -0.3 is 4.74 Å². The summed E-state index contributed by atoms with van der Waals surface area (Å²) in [5, 5.41) is 0.384. The lowest BCUT2D eigenvalue weighted by atomic mass is 9.81. The van der Waals surface area contributed by atoms with Crippen molar-refractivity contribution in [3.8, 4) is 5.75 Å². The molecule has 96 valence electrons. The van der Waals surface area contributed by atoms with E-state index in [-0.39, 0.29) is 11.6 Å². The third kappa shape index (κ3) is 2.45. The van der Waals surface area contributed by atoms with Crippen molar-refractivity contribution in [3.05, 3.63) is 27.2 Å². The van der Waals surface area contributed by atoms with Crippen molar-refractivity contribution < 1.29 is 14.3 Å². The molecule has 1 aromatic carbocycles. The monoisotopic (exact) mass is 330 g/mol. The Labute approximate surface area is 119 Å². The van der Waals surface area contributed by atoms with Gasteiger partial charge in [-0.1, -0.05) is 27.5 Å². The van der Waals surface area contributed by atoms with Crippen LogP contribution in [0.4, 0.5) is 0 Å². The smallest absolute Gasteiger partial charge is 0.147 e. The number of hydrogen-bond donors (Lipinski definition) is 0. The van der Waals surface area contributed by atoms with E-state index in [0.717, 1.165) is 4.47 Å². The van der Waals surface area contributed by atoms with Crippen molar-refractivity contribution in [1.29, 1.82) is 0 Å². The van der Waals surface area contributed by atoms with E-state index in [0.29, 0.717) is 35.6 Å². The molecule has 0 amide bonds. The van der Waals surface area contributed by atoms with Crippen LogP contribution in [-0.4, -0.2) is 18.7 Å². The van der Waals surface area contributed by atoms with Gasteiger partial charge in [0, 0.05) is 27.9 Å². The van der Waals surface area contributed by atoms with Crippen LogP contribution < -0.4 is 4.74 Å². The first kappa shape index (κ1) is 13.6. The van der Waals surface area contributed by atoms with Gasteiger partial charge >= 0.3 is 0 Å².